The van der Waals surface area contributed by atoms with Crippen molar-refractivity contribution >= 4 is 10.9 Å². The van der Waals surface area contributed by atoms with E-state index in [1.165, 1.54) is 6.07 Å². The van der Waals surface area contributed by atoms with Gasteiger partial charge in [0, 0.05) is 18.3 Å². The number of hydrogen-bond donors (Lipinski definition) is 1. The molecular weight excluding hydrogens is 272 g/mol. The van der Waals surface area contributed by atoms with Gasteiger partial charge in [0.1, 0.15) is 0 Å². The first kappa shape index (κ1) is 13.8. The summed E-state index contributed by atoms with van der Waals surface area (Å²) in [6, 6.07) is 11.8. The number of benzene rings is 2. The first-order chi connectivity index (χ1) is 10.2. The predicted octanol–water partition coefficient (Wildman–Crippen LogP) is 3.65. The van der Waals surface area contributed by atoms with Gasteiger partial charge in [0.2, 0.25) is 0 Å². The second-order valence-corrected chi connectivity index (χ2v) is 5.06. The summed E-state index contributed by atoms with van der Waals surface area (Å²) in [5.41, 5.74) is 2.71. The molecule has 0 spiro atoms. The summed E-state index contributed by atoms with van der Waals surface area (Å²) in [7, 11) is 0. The van der Waals surface area contributed by atoms with Crippen LogP contribution in [0.25, 0.3) is 10.9 Å². The van der Waals surface area contributed by atoms with Crippen molar-refractivity contribution in [3.05, 3.63) is 71.4 Å². The Hall–Kier alpha value is -2.20. The summed E-state index contributed by atoms with van der Waals surface area (Å²) < 4.78 is 28.1. The molecule has 21 heavy (non-hydrogen) atoms. The van der Waals surface area contributed by atoms with Gasteiger partial charge in [-0.05, 0) is 53.3 Å². The molecular formula is C17H15F2NO. The van der Waals surface area contributed by atoms with Crippen molar-refractivity contribution in [3.8, 4) is 0 Å². The van der Waals surface area contributed by atoms with E-state index in [4.69, 9.17) is 5.11 Å². The Morgan fingerprint density at radius 1 is 0.905 bits per heavy atom. The molecule has 3 aromatic rings. The lowest BCUT2D eigenvalue weighted by atomic mass is 10.1. The van der Waals surface area contributed by atoms with Crippen LogP contribution in [0.4, 0.5) is 8.78 Å². The van der Waals surface area contributed by atoms with E-state index in [1.54, 1.807) is 6.07 Å². The Kier molecular flexibility index (Phi) is 3.71. The lowest BCUT2D eigenvalue weighted by Gasteiger charge is -2.07. The van der Waals surface area contributed by atoms with E-state index in [2.05, 4.69) is 4.57 Å². The number of halogens is 2. The average molecular weight is 287 g/mol. The summed E-state index contributed by atoms with van der Waals surface area (Å²) in [6.45, 7) is 0.711. The summed E-state index contributed by atoms with van der Waals surface area (Å²) in [4.78, 5) is 0. The van der Waals surface area contributed by atoms with E-state index in [1.807, 2.05) is 30.5 Å². The zero-order chi connectivity index (χ0) is 14.8. The maximum atomic E-state index is 13.2. The predicted molar refractivity (Wildman–Crippen MR) is 77.9 cm³/mol. The van der Waals surface area contributed by atoms with Crippen LogP contribution in [0, 0.1) is 11.6 Å². The highest BCUT2D eigenvalue weighted by Gasteiger charge is 2.05. The molecule has 1 N–H and O–H groups in total. The van der Waals surface area contributed by atoms with Crippen LogP contribution in [0.2, 0.25) is 0 Å². The van der Waals surface area contributed by atoms with Crippen LogP contribution in [0.1, 0.15) is 11.1 Å². The van der Waals surface area contributed by atoms with Gasteiger partial charge in [0.15, 0.2) is 11.6 Å². The highest BCUT2D eigenvalue weighted by molar-refractivity contribution is 5.80. The molecule has 4 heteroatoms. The van der Waals surface area contributed by atoms with E-state index < -0.39 is 11.6 Å². The van der Waals surface area contributed by atoms with E-state index in [0.29, 0.717) is 13.0 Å². The van der Waals surface area contributed by atoms with Gasteiger partial charge in [-0.2, -0.15) is 0 Å². The molecule has 0 aliphatic carbocycles. The normalized spacial score (nSPS) is 11.2. The van der Waals surface area contributed by atoms with Gasteiger partial charge < -0.3 is 9.67 Å². The molecule has 1 aromatic heterocycles. The summed E-state index contributed by atoms with van der Waals surface area (Å²) in [5, 5.41) is 10.2. The lowest BCUT2D eigenvalue weighted by Crippen LogP contribution is -2.00. The number of aliphatic hydroxyl groups is 1. The molecule has 108 valence electrons. The Morgan fingerprint density at radius 3 is 2.48 bits per heavy atom. The number of aryl methyl sites for hydroxylation is 2. The summed E-state index contributed by atoms with van der Waals surface area (Å²) in [5.74, 6) is -1.63. The van der Waals surface area contributed by atoms with Crippen molar-refractivity contribution in [1.82, 2.24) is 4.57 Å². The average Bonchev–Trinajstić information content (AvgIpc) is 2.90. The minimum atomic E-state index is -0.818. The topological polar surface area (TPSA) is 25.2 Å². The first-order valence-corrected chi connectivity index (χ1v) is 6.80. The molecule has 0 fully saturated rings. The molecule has 1 heterocycles. The number of hydrogen-bond acceptors (Lipinski definition) is 1. The molecule has 0 saturated heterocycles. The van der Waals surface area contributed by atoms with Gasteiger partial charge in [-0.15, -0.1) is 0 Å². The van der Waals surface area contributed by atoms with Gasteiger partial charge in [-0.25, -0.2) is 8.78 Å². The van der Waals surface area contributed by atoms with Crippen molar-refractivity contribution in [2.24, 2.45) is 0 Å². The molecule has 0 amide bonds. The maximum absolute atomic E-state index is 13.2. The molecule has 0 radical (unpaired) electrons. The van der Waals surface area contributed by atoms with E-state index in [0.717, 1.165) is 28.1 Å². The zero-order valence-electron chi connectivity index (χ0n) is 11.4. The largest absolute Gasteiger partial charge is 0.392 e. The van der Waals surface area contributed by atoms with Crippen molar-refractivity contribution in [3.63, 3.8) is 0 Å². The highest BCUT2D eigenvalue weighted by Crippen LogP contribution is 2.19. The molecule has 0 unspecified atom stereocenters. The van der Waals surface area contributed by atoms with Gasteiger partial charge in [-0.3, -0.25) is 0 Å². The van der Waals surface area contributed by atoms with Crippen LogP contribution < -0.4 is 0 Å². The molecule has 2 aromatic carbocycles. The third kappa shape index (κ3) is 2.81. The van der Waals surface area contributed by atoms with Gasteiger partial charge in [-0.1, -0.05) is 12.1 Å². The minimum Gasteiger partial charge on any atom is -0.392 e. The number of rotatable bonds is 4. The Bertz CT molecular complexity index is 780. The lowest BCUT2D eigenvalue weighted by molar-refractivity contribution is 0.282. The number of fused-ring (bicyclic) bond motifs is 1. The maximum Gasteiger partial charge on any atom is 0.159 e. The van der Waals surface area contributed by atoms with Gasteiger partial charge in [0.25, 0.3) is 0 Å². The standard InChI is InChI=1S/C17H15F2NO/c18-15-3-1-12(10-16(15)19)5-7-20-8-6-14-9-13(11-21)2-4-17(14)20/h1-4,6,8-10,21H,5,7,11H2. The number of nitrogens with zero attached hydrogens (tertiary/aromatic N) is 1. The third-order valence-corrected chi connectivity index (χ3v) is 3.64. The molecule has 0 saturated carbocycles. The van der Waals surface area contributed by atoms with Crippen LogP contribution in [0.5, 0.6) is 0 Å². The third-order valence-electron chi connectivity index (χ3n) is 3.64. The molecule has 0 atom stereocenters. The van der Waals surface area contributed by atoms with Crippen molar-refractivity contribution < 1.29 is 13.9 Å². The van der Waals surface area contributed by atoms with Crippen LogP contribution in [0.15, 0.2) is 48.7 Å². The summed E-state index contributed by atoms with van der Waals surface area (Å²) >= 11 is 0. The minimum absolute atomic E-state index is 0.0238. The van der Waals surface area contributed by atoms with Gasteiger partial charge >= 0.3 is 0 Å². The fourth-order valence-electron chi connectivity index (χ4n) is 2.49. The second-order valence-electron chi connectivity index (χ2n) is 5.06. The first-order valence-electron chi connectivity index (χ1n) is 6.80. The molecule has 2 nitrogen and oxygen atoms in total. The number of aliphatic hydroxyl groups excluding tert-OH is 1. The molecule has 0 aliphatic heterocycles. The fraction of sp³-hybridized carbons (Fsp3) is 0.176. The Labute approximate surface area is 121 Å². The van der Waals surface area contributed by atoms with Crippen LogP contribution in [-0.4, -0.2) is 9.67 Å². The Balaban J connectivity index is 1.80. The smallest absolute Gasteiger partial charge is 0.159 e. The Morgan fingerprint density at radius 2 is 1.71 bits per heavy atom. The van der Waals surface area contributed by atoms with Crippen LogP contribution in [-0.2, 0) is 19.6 Å². The van der Waals surface area contributed by atoms with E-state index >= 15 is 0 Å². The molecule has 0 aliphatic rings. The van der Waals surface area contributed by atoms with E-state index in [-0.39, 0.29) is 6.61 Å². The van der Waals surface area contributed by atoms with Crippen LogP contribution in [0.3, 0.4) is 0 Å². The fourth-order valence-corrected chi connectivity index (χ4v) is 2.49. The van der Waals surface area contributed by atoms with Crippen molar-refractivity contribution in [2.75, 3.05) is 0 Å². The monoisotopic (exact) mass is 287 g/mol. The summed E-state index contributed by atoms with van der Waals surface area (Å²) in [6.07, 6.45) is 2.59. The highest BCUT2D eigenvalue weighted by atomic mass is 19.2. The quantitative estimate of drug-likeness (QED) is 0.778. The van der Waals surface area contributed by atoms with Gasteiger partial charge in [0.05, 0.1) is 6.61 Å². The molecule has 3 rings (SSSR count). The second kappa shape index (κ2) is 5.66. The number of aromatic nitrogens is 1. The van der Waals surface area contributed by atoms with Crippen LogP contribution >= 0.6 is 0 Å². The molecule has 0 bridgehead atoms. The zero-order valence-corrected chi connectivity index (χ0v) is 11.4. The van der Waals surface area contributed by atoms with E-state index in [9.17, 15) is 8.78 Å². The van der Waals surface area contributed by atoms with Crippen molar-refractivity contribution in [2.45, 2.75) is 19.6 Å². The van der Waals surface area contributed by atoms with Crippen molar-refractivity contribution in [1.29, 1.82) is 0 Å². The SMILES string of the molecule is OCc1ccc2c(ccn2CCc2ccc(F)c(F)c2)c1.